The van der Waals surface area contributed by atoms with Crippen LogP contribution in [0.15, 0.2) is 36.9 Å². The molecule has 96 valence electrons. The second-order valence-corrected chi connectivity index (χ2v) is 4.43. The first kappa shape index (κ1) is 11.8. The topological polar surface area (TPSA) is 47.9 Å². The fourth-order valence-corrected chi connectivity index (χ4v) is 2.08. The molecule has 0 bridgehead atoms. The highest BCUT2D eigenvalue weighted by Crippen LogP contribution is 2.29. The van der Waals surface area contributed by atoms with Crippen molar-refractivity contribution in [2.75, 3.05) is 6.61 Å². The number of hydrogen-bond acceptors (Lipinski definition) is 4. The van der Waals surface area contributed by atoms with Crippen LogP contribution in [0.3, 0.4) is 0 Å². The zero-order valence-electron chi connectivity index (χ0n) is 10.8. The Bertz CT molecular complexity index is 712. The number of nitrogens with zero attached hydrogens (tertiary/aromatic N) is 3. The SMILES string of the molecule is CCCCOc1nccc2ncc3ccncc3c12. The maximum absolute atomic E-state index is 5.79. The molecule has 0 N–H and O–H groups in total. The molecule has 3 aromatic heterocycles. The van der Waals surface area contributed by atoms with Gasteiger partial charge in [0.15, 0.2) is 0 Å². The minimum absolute atomic E-state index is 0.650. The summed E-state index contributed by atoms with van der Waals surface area (Å²) in [5.41, 5.74) is 0.891. The van der Waals surface area contributed by atoms with Crippen molar-refractivity contribution in [3.05, 3.63) is 36.9 Å². The van der Waals surface area contributed by atoms with Gasteiger partial charge in [-0.1, -0.05) is 13.3 Å². The first-order chi connectivity index (χ1) is 9.40. The van der Waals surface area contributed by atoms with E-state index in [9.17, 15) is 0 Å². The summed E-state index contributed by atoms with van der Waals surface area (Å²) in [6.07, 6.45) is 9.32. The van der Waals surface area contributed by atoms with E-state index in [0.717, 1.165) is 34.5 Å². The van der Waals surface area contributed by atoms with Gasteiger partial charge in [-0.05, 0) is 18.6 Å². The maximum atomic E-state index is 5.79. The van der Waals surface area contributed by atoms with Crippen LogP contribution in [-0.2, 0) is 0 Å². The summed E-state index contributed by atoms with van der Waals surface area (Å²) in [4.78, 5) is 13.0. The number of pyridine rings is 3. The fraction of sp³-hybridized carbons (Fsp3) is 0.267. The molecule has 0 aliphatic rings. The van der Waals surface area contributed by atoms with Crippen molar-refractivity contribution in [2.45, 2.75) is 19.8 Å². The second-order valence-electron chi connectivity index (χ2n) is 4.43. The van der Waals surface area contributed by atoms with Crippen LogP contribution in [0.1, 0.15) is 19.8 Å². The van der Waals surface area contributed by atoms with Crippen LogP contribution in [-0.4, -0.2) is 21.6 Å². The molecule has 0 saturated carbocycles. The monoisotopic (exact) mass is 253 g/mol. The molecule has 0 spiro atoms. The van der Waals surface area contributed by atoms with E-state index in [-0.39, 0.29) is 0 Å². The van der Waals surface area contributed by atoms with Crippen molar-refractivity contribution >= 4 is 21.7 Å². The number of aromatic nitrogens is 3. The normalized spacial score (nSPS) is 11.0. The average molecular weight is 253 g/mol. The Morgan fingerprint density at radius 2 is 2.05 bits per heavy atom. The van der Waals surface area contributed by atoms with Gasteiger partial charge in [-0.2, -0.15) is 0 Å². The van der Waals surface area contributed by atoms with Gasteiger partial charge in [0.1, 0.15) is 0 Å². The van der Waals surface area contributed by atoms with Crippen molar-refractivity contribution in [3.63, 3.8) is 0 Å². The van der Waals surface area contributed by atoms with Crippen molar-refractivity contribution < 1.29 is 4.74 Å². The van der Waals surface area contributed by atoms with E-state index in [1.807, 2.05) is 24.5 Å². The molecule has 0 aromatic carbocycles. The maximum Gasteiger partial charge on any atom is 0.223 e. The number of ether oxygens (including phenoxy) is 1. The molecule has 3 heterocycles. The highest BCUT2D eigenvalue weighted by atomic mass is 16.5. The summed E-state index contributed by atoms with van der Waals surface area (Å²) in [7, 11) is 0. The van der Waals surface area contributed by atoms with E-state index in [1.165, 1.54) is 0 Å². The summed E-state index contributed by atoms with van der Waals surface area (Å²) in [5, 5.41) is 3.03. The van der Waals surface area contributed by atoms with Crippen LogP contribution < -0.4 is 4.74 Å². The van der Waals surface area contributed by atoms with Crippen molar-refractivity contribution in [3.8, 4) is 5.88 Å². The van der Waals surface area contributed by atoms with Crippen LogP contribution in [0.4, 0.5) is 0 Å². The van der Waals surface area contributed by atoms with E-state index < -0.39 is 0 Å². The average Bonchev–Trinajstić information content (AvgIpc) is 2.47. The molecule has 3 aromatic rings. The molecule has 3 rings (SSSR count). The second kappa shape index (κ2) is 5.18. The lowest BCUT2D eigenvalue weighted by atomic mass is 10.1. The number of hydrogen-bond donors (Lipinski definition) is 0. The first-order valence-corrected chi connectivity index (χ1v) is 6.50. The van der Waals surface area contributed by atoms with Crippen LogP contribution in [0.2, 0.25) is 0 Å². The van der Waals surface area contributed by atoms with Crippen LogP contribution in [0, 0.1) is 0 Å². The summed E-state index contributed by atoms with van der Waals surface area (Å²) in [6.45, 7) is 2.82. The standard InChI is InChI=1S/C15H15N3O/c1-2-3-8-19-15-14-12-10-16-6-4-11(12)9-18-13(14)5-7-17-15/h4-7,9-10H,2-3,8H2,1H3. The van der Waals surface area contributed by atoms with Crippen molar-refractivity contribution in [2.24, 2.45) is 0 Å². The van der Waals surface area contributed by atoms with E-state index in [2.05, 4.69) is 21.9 Å². The Labute approximate surface area is 111 Å². The predicted octanol–water partition coefficient (Wildman–Crippen LogP) is 3.36. The molecule has 0 aliphatic heterocycles. The van der Waals surface area contributed by atoms with E-state index in [0.29, 0.717) is 12.5 Å². The third kappa shape index (κ3) is 2.21. The highest BCUT2D eigenvalue weighted by molar-refractivity contribution is 6.07. The molecule has 0 fully saturated rings. The van der Waals surface area contributed by atoms with Crippen molar-refractivity contribution in [1.29, 1.82) is 0 Å². The molecule has 0 saturated heterocycles. The first-order valence-electron chi connectivity index (χ1n) is 6.50. The predicted molar refractivity (Wildman–Crippen MR) is 75.2 cm³/mol. The van der Waals surface area contributed by atoms with Gasteiger partial charge >= 0.3 is 0 Å². The summed E-state index contributed by atoms with van der Waals surface area (Å²) in [6, 6.07) is 3.85. The Balaban J connectivity index is 2.18. The third-order valence-electron chi connectivity index (χ3n) is 3.10. The zero-order chi connectivity index (χ0) is 13.1. The van der Waals surface area contributed by atoms with Gasteiger partial charge in [-0.15, -0.1) is 0 Å². The van der Waals surface area contributed by atoms with Crippen LogP contribution in [0.25, 0.3) is 21.7 Å². The molecule has 4 heteroatoms. The molecular formula is C15H15N3O. The van der Waals surface area contributed by atoms with Gasteiger partial charge in [0.25, 0.3) is 0 Å². The van der Waals surface area contributed by atoms with Gasteiger partial charge < -0.3 is 4.74 Å². The number of rotatable bonds is 4. The van der Waals surface area contributed by atoms with Crippen molar-refractivity contribution in [1.82, 2.24) is 15.0 Å². The van der Waals surface area contributed by atoms with Crippen LogP contribution in [0.5, 0.6) is 5.88 Å². The summed E-state index contributed by atoms with van der Waals surface area (Å²) in [5.74, 6) is 0.650. The van der Waals surface area contributed by atoms with E-state index in [4.69, 9.17) is 4.74 Å². The molecule has 0 amide bonds. The minimum atomic E-state index is 0.650. The third-order valence-corrected chi connectivity index (χ3v) is 3.10. The Hall–Kier alpha value is -2.23. The molecule has 0 atom stereocenters. The highest BCUT2D eigenvalue weighted by Gasteiger charge is 2.09. The lowest BCUT2D eigenvalue weighted by Gasteiger charge is -2.09. The molecule has 0 radical (unpaired) electrons. The molecule has 4 nitrogen and oxygen atoms in total. The summed E-state index contributed by atoms with van der Waals surface area (Å²) < 4.78 is 5.79. The van der Waals surface area contributed by atoms with Gasteiger partial charge in [0, 0.05) is 35.6 Å². The lowest BCUT2D eigenvalue weighted by Crippen LogP contribution is -1.99. The molecule has 0 aliphatic carbocycles. The molecule has 0 unspecified atom stereocenters. The number of unbranched alkanes of at least 4 members (excludes halogenated alkanes) is 1. The van der Waals surface area contributed by atoms with E-state index >= 15 is 0 Å². The molecule has 19 heavy (non-hydrogen) atoms. The van der Waals surface area contributed by atoms with Gasteiger partial charge in [0.05, 0.1) is 17.5 Å². The largest absolute Gasteiger partial charge is 0.477 e. The Morgan fingerprint density at radius 1 is 1.11 bits per heavy atom. The van der Waals surface area contributed by atoms with E-state index in [1.54, 1.807) is 12.4 Å². The Morgan fingerprint density at radius 3 is 2.95 bits per heavy atom. The Kier molecular flexibility index (Phi) is 3.23. The minimum Gasteiger partial charge on any atom is -0.477 e. The van der Waals surface area contributed by atoms with Gasteiger partial charge in [-0.3, -0.25) is 9.97 Å². The van der Waals surface area contributed by atoms with Gasteiger partial charge in [0.2, 0.25) is 5.88 Å². The zero-order valence-corrected chi connectivity index (χ0v) is 10.8. The quantitative estimate of drug-likeness (QED) is 0.528. The summed E-state index contributed by atoms with van der Waals surface area (Å²) >= 11 is 0. The van der Waals surface area contributed by atoms with Gasteiger partial charge in [-0.25, -0.2) is 4.98 Å². The number of fused-ring (bicyclic) bond motifs is 3. The van der Waals surface area contributed by atoms with Crippen LogP contribution >= 0.6 is 0 Å². The smallest absolute Gasteiger partial charge is 0.223 e. The molecular weight excluding hydrogens is 238 g/mol. The lowest BCUT2D eigenvalue weighted by molar-refractivity contribution is 0.302. The fourth-order valence-electron chi connectivity index (χ4n) is 2.08.